The van der Waals surface area contributed by atoms with E-state index in [0.29, 0.717) is 37.2 Å². The third-order valence-corrected chi connectivity index (χ3v) is 4.81. The van der Waals surface area contributed by atoms with Gasteiger partial charge in [-0.15, -0.1) is 0 Å². The Bertz CT molecular complexity index is 1010. The zero-order valence-corrected chi connectivity index (χ0v) is 18.0. The van der Waals surface area contributed by atoms with Crippen LogP contribution in [0.25, 0.3) is 0 Å². The monoisotopic (exact) mass is 483 g/mol. The number of benzene rings is 1. The molecule has 1 aromatic carbocycles. The number of ether oxygens (including phenoxy) is 1. The second-order valence-electron chi connectivity index (χ2n) is 7.64. The Labute approximate surface area is 192 Å². The molecule has 1 saturated carbocycles. The van der Waals surface area contributed by atoms with Crippen LogP contribution in [-0.4, -0.2) is 63.3 Å². The first-order valence-electron chi connectivity index (χ1n) is 10.4. The number of aromatic nitrogens is 3. The molecule has 0 bridgehead atoms. The van der Waals surface area contributed by atoms with Gasteiger partial charge in [-0.3, -0.25) is 4.79 Å². The summed E-state index contributed by atoms with van der Waals surface area (Å²) in [6, 6.07) is 5.58. The van der Waals surface area contributed by atoms with Crippen molar-refractivity contribution in [2.24, 2.45) is 5.73 Å². The van der Waals surface area contributed by atoms with Gasteiger partial charge in [-0.2, -0.15) is 28.1 Å². The van der Waals surface area contributed by atoms with Crippen molar-refractivity contribution in [1.29, 1.82) is 0 Å². The van der Waals surface area contributed by atoms with Gasteiger partial charge in [-0.1, -0.05) is 0 Å². The molecule has 14 heteroatoms. The van der Waals surface area contributed by atoms with Crippen molar-refractivity contribution in [2.75, 3.05) is 30.3 Å². The van der Waals surface area contributed by atoms with Crippen LogP contribution in [0.4, 0.5) is 30.8 Å². The molecule has 2 aromatic rings. The van der Waals surface area contributed by atoms with E-state index in [1.807, 2.05) is 0 Å². The fourth-order valence-corrected chi connectivity index (χ4v) is 2.82. The van der Waals surface area contributed by atoms with Gasteiger partial charge in [0.2, 0.25) is 11.9 Å². The summed E-state index contributed by atoms with van der Waals surface area (Å²) in [6.07, 6.45) is -2.43. The minimum atomic E-state index is -4.62. The molecule has 3 rings (SSSR count). The van der Waals surface area contributed by atoms with Gasteiger partial charge < -0.3 is 31.5 Å². The molecular formula is C20H24F3N7O4. The summed E-state index contributed by atoms with van der Waals surface area (Å²) in [4.78, 5) is 35.2. The van der Waals surface area contributed by atoms with E-state index in [1.54, 1.807) is 24.3 Å². The fraction of sp³-hybridized carbons (Fsp3) is 0.450. The summed E-state index contributed by atoms with van der Waals surface area (Å²) in [7, 11) is 0. The first kappa shape index (κ1) is 25.0. The van der Waals surface area contributed by atoms with Crippen LogP contribution < -0.4 is 26.4 Å². The highest BCUT2D eigenvalue weighted by molar-refractivity contribution is 5.94. The number of hydrogen-bond acceptors (Lipinski definition) is 9. The molecule has 0 radical (unpaired) electrons. The number of alkyl halides is 3. The summed E-state index contributed by atoms with van der Waals surface area (Å²) < 4.78 is 42.3. The van der Waals surface area contributed by atoms with Gasteiger partial charge in [0.1, 0.15) is 5.54 Å². The smallest absolute Gasteiger partial charge is 0.422 e. The lowest BCUT2D eigenvalue weighted by Gasteiger charge is -2.15. The lowest BCUT2D eigenvalue weighted by atomic mass is 10.2. The van der Waals surface area contributed by atoms with Crippen LogP contribution >= 0.6 is 0 Å². The Kier molecular flexibility index (Phi) is 7.71. The number of nitrogens with two attached hydrogens (primary N) is 1. The van der Waals surface area contributed by atoms with Crippen molar-refractivity contribution in [3.63, 3.8) is 0 Å². The lowest BCUT2D eigenvalue weighted by molar-refractivity contribution is -0.154. The van der Waals surface area contributed by atoms with Crippen molar-refractivity contribution in [2.45, 2.75) is 37.4 Å². The standard InChI is InChI=1S/C20H24F3N7O4/c21-20(22,23)11-34-18-28-16(27-17(29-18)30-19(7-8-19)15(32)33)26-13-5-3-12(4-6-13)14(31)25-10-2-1-9-24/h3-6H,1-2,7-11,24H2,(H,25,31)(H,32,33)(H2,26,27,28,29,30). The number of unbranched alkanes of at least 4 members (excludes halogenated alkanes) is 1. The Morgan fingerprint density at radius 3 is 2.35 bits per heavy atom. The van der Waals surface area contributed by atoms with E-state index in [4.69, 9.17) is 5.73 Å². The summed E-state index contributed by atoms with van der Waals surface area (Å²) in [5.74, 6) is -1.81. The first-order chi connectivity index (χ1) is 16.1. The second kappa shape index (κ2) is 10.5. The largest absolute Gasteiger partial charge is 0.480 e. The van der Waals surface area contributed by atoms with Crippen molar-refractivity contribution >= 4 is 29.5 Å². The number of carboxylic acid groups (broad SMARTS) is 1. The van der Waals surface area contributed by atoms with E-state index < -0.39 is 30.3 Å². The van der Waals surface area contributed by atoms with Crippen molar-refractivity contribution in [3.8, 4) is 6.01 Å². The van der Waals surface area contributed by atoms with Gasteiger partial charge in [-0.25, -0.2) is 4.79 Å². The van der Waals surface area contributed by atoms with Crippen LogP contribution in [0.5, 0.6) is 6.01 Å². The molecule has 1 amide bonds. The third-order valence-electron chi connectivity index (χ3n) is 4.81. The van der Waals surface area contributed by atoms with E-state index in [1.165, 1.54) is 0 Å². The Morgan fingerprint density at radius 2 is 1.76 bits per heavy atom. The lowest BCUT2D eigenvalue weighted by Crippen LogP contribution is -2.32. The number of carbonyl (C=O) groups is 2. The van der Waals surface area contributed by atoms with Gasteiger partial charge in [0, 0.05) is 17.8 Å². The molecule has 11 nitrogen and oxygen atoms in total. The second-order valence-corrected chi connectivity index (χ2v) is 7.64. The van der Waals surface area contributed by atoms with Crippen molar-refractivity contribution < 1.29 is 32.6 Å². The summed E-state index contributed by atoms with van der Waals surface area (Å²) >= 11 is 0. The molecule has 0 spiro atoms. The van der Waals surface area contributed by atoms with Gasteiger partial charge in [0.15, 0.2) is 6.61 Å². The van der Waals surface area contributed by atoms with E-state index in [9.17, 15) is 27.9 Å². The van der Waals surface area contributed by atoms with Gasteiger partial charge in [-0.05, 0) is 56.5 Å². The number of carboxylic acids is 1. The number of nitrogens with zero attached hydrogens (tertiary/aromatic N) is 3. The highest BCUT2D eigenvalue weighted by Crippen LogP contribution is 2.38. The molecule has 6 N–H and O–H groups in total. The van der Waals surface area contributed by atoms with Crippen LogP contribution in [0.1, 0.15) is 36.0 Å². The molecule has 0 unspecified atom stereocenters. The highest BCUT2D eigenvalue weighted by atomic mass is 19.4. The van der Waals surface area contributed by atoms with Crippen LogP contribution in [0.2, 0.25) is 0 Å². The highest BCUT2D eigenvalue weighted by Gasteiger charge is 2.51. The van der Waals surface area contributed by atoms with Crippen LogP contribution in [0.15, 0.2) is 24.3 Å². The van der Waals surface area contributed by atoms with Crippen LogP contribution in [0, 0.1) is 0 Å². The molecule has 1 aliphatic rings. The van der Waals surface area contributed by atoms with Crippen LogP contribution in [0.3, 0.4) is 0 Å². The molecule has 1 aliphatic carbocycles. The minimum Gasteiger partial charge on any atom is -0.480 e. The normalized spacial score (nSPS) is 14.2. The Morgan fingerprint density at radius 1 is 1.09 bits per heavy atom. The number of anilines is 3. The predicted octanol–water partition coefficient (Wildman–Crippen LogP) is 2.05. The maximum absolute atomic E-state index is 12.6. The topological polar surface area (TPSA) is 164 Å². The third kappa shape index (κ3) is 7.16. The molecule has 1 aromatic heterocycles. The van der Waals surface area contributed by atoms with E-state index in [2.05, 4.69) is 35.6 Å². The van der Waals surface area contributed by atoms with Gasteiger partial charge in [0.05, 0.1) is 0 Å². The Hall–Kier alpha value is -3.68. The van der Waals surface area contributed by atoms with Crippen molar-refractivity contribution in [3.05, 3.63) is 29.8 Å². The minimum absolute atomic E-state index is 0.171. The number of carbonyl (C=O) groups excluding carboxylic acids is 1. The SMILES string of the molecule is NCCCCNC(=O)c1ccc(Nc2nc(NC3(C(=O)O)CC3)nc(OCC(F)(F)F)n2)cc1. The molecule has 34 heavy (non-hydrogen) atoms. The summed E-state index contributed by atoms with van der Waals surface area (Å²) in [5, 5.41) is 17.5. The first-order valence-corrected chi connectivity index (χ1v) is 10.4. The number of hydrogen-bond donors (Lipinski definition) is 5. The molecule has 1 fully saturated rings. The van der Waals surface area contributed by atoms with Crippen molar-refractivity contribution in [1.82, 2.24) is 20.3 Å². The quantitative estimate of drug-likeness (QED) is 0.282. The van der Waals surface area contributed by atoms with E-state index in [-0.39, 0.29) is 17.8 Å². The maximum Gasteiger partial charge on any atom is 0.422 e. The predicted molar refractivity (Wildman–Crippen MR) is 115 cm³/mol. The average molecular weight is 483 g/mol. The molecule has 184 valence electrons. The zero-order valence-electron chi connectivity index (χ0n) is 18.0. The fourth-order valence-electron chi connectivity index (χ4n) is 2.82. The van der Waals surface area contributed by atoms with E-state index >= 15 is 0 Å². The number of halogens is 3. The molecule has 0 saturated heterocycles. The Balaban J connectivity index is 1.72. The summed E-state index contributed by atoms with van der Waals surface area (Å²) in [5.41, 5.74) is 4.97. The van der Waals surface area contributed by atoms with Crippen LogP contribution in [-0.2, 0) is 4.79 Å². The zero-order chi connectivity index (χ0) is 24.8. The molecule has 1 heterocycles. The van der Waals surface area contributed by atoms with Gasteiger partial charge in [0.25, 0.3) is 5.91 Å². The number of nitrogens with one attached hydrogen (secondary N) is 3. The van der Waals surface area contributed by atoms with E-state index in [0.717, 1.165) is 12.8 Å². The molecule has 0 aliphatic heterocycles. The van der Waals surface area contributed by atoms with Gasteiger partial charge >= 0.3 is 18.2 Å². The number of amides is 1. The number of rotatable bonds is 12. The maximum atomic E-state index is 12.6. The molecular weight excluding hydrogens is 459 g/mol. The summed E-state index contributed by atoms with van der Waals surface area (Å²) in [6.45, 7) is -0.588. The average Bonchev–Trinajstić information content (AvgIpc) is 3.56. The number of aliphatic carboxylic acids is 1. The molecule has 0 atom stereocenters.